The van der Waals surface area contributed by atoms with E-state index in [1.165, 1.54) is 0 Å². The molecule has 0 amide bonds. The second-order valence-corrected chi connectivity index (χ2v) is 4.55. The number of hydrogen-bond donors (Lipinski definition) is 0. The van der Waals surface area contributed by atoms with Crippen LogP contribution in [-0.2, 0) is 11.4 Å². The van der Waals surface area contributed by atoms with Crippen molar-refractivity contribution in [2.75, 3.05) is 26.3 Å². The van der Waals surface area contributed by atoms with Crippen LogP contribution in [0.3, 0.4) is 0 Å². The Morgan fingerprint density at radius 1 is 1.11 bits per heavy atom. The molecular weight excluding hydrogens is 228 g/mol. The molecule has 0 saturated carbocycles. The maximum absolute atomic E-state index is 12.3. The molecule has 0 radical (unpaired) electrons. The van der Waals surface area contributed by atoms with Gasteiger partial charge in [-0.05, 0) is 17.5 Å². The predicted molar refractivity (Wildman–Crippen MR) is 70.6 cm³/mol. The molecule has 1 aromatic heterocycles. The van der Waals surface area contributed by atoms with Crippen molar-refractivity contribution < 1.29 is 4.74 Å². The van der Waals surface area contributed by atoms with Gasteiger partial charge in [-0.15, -0.1) is 0 Å². The Labute approximate surface area is 105 Å². The molecule has 1 saturated heterocycles. The summed E-state index contributed by atoms with van der Waals surface area (Å²) < 4.78 is 7.08. The minimum Gasteiger partial charge on any atom is -0.379 e. The van der Waals surface area contributed by atoms with Crippen LogP contribution in [0.15, 0.2) is 41.3 Å². The molecule has 4 nitrogen and oxygen atoms in total. The molecule has 0 atom stereocenters. The maximum Gasteiger partial charge on any atom is 0.259 e. The first kappa shape index (κ1) is 11.4. The van der Waals surface area contributed by atoms with E-state index in [-0.39, 0.29) is 5.56 Å². The number of benzene rings is 1. The highest BCUT2D eigenvalue weighted by molar-refractivity contribution is 5.81. The van der Waals surface area contributed by atoms with Crippen molar-refractivity contribution in [3.63, 3.8) is 0 Å². The number of fused-ring (bicyclic) bond motifs is 1. The van der Waals surface area contributed by atoms with Gasteiger partial charge in [0.05, 0.1) is 19.9 Å². The molecule has 1 aliphatic heterocycles. The zero-order valence-corrected chi connectivity index (χ0v) is 10.2. The van der Waals surface area contributed by atoms with Crippen molar-refractivity contribution in [1.29, 1.82) is 0 Å². The van der Waals surface area contributed by atoms with Crippen molar-refractivity contribution in [2.45, 2.75) is 6.67 Å². The Hall–Kier alpha value is -1.65. The highest BCUT2D eigenvalue weighted by Gasteiger charge is 2.11. The van der Waals surface area contributed by atoms with E-state index >= 15 is 0 Å². The molecule has 3 rings (SSSR count). The normalized spacial score (nSPS) is 17.1. The molecule has 1 fully saturated rings. The van der Waals surface area contributed by atoms with Gasteiger partial charge in [0.2, 0.25) is 0 Å². The molecule has 0 aliphatic carbocycles. The van der Waals surface area contributed by atoms with Gasteiger partial charge < -0.3 is 9.30 Å². The summed E-state index contributed by atoms with van der Waals surface area (Å²) in [6, 6.07) is 9.71. The molecule has 2 aromatic rings. The van der Waals surface area contributed by atoms with Crippen molar-refractivity contribution in [3.05, 3.63) is 46.9 Å². The summed E-state index contributed by atoms with van der Waals surface area (Å²) in [6.07, 6.45) is 1.88. The first-order chi connectivity index (χ1) is 8.84. The fourth-order valence-corrected chi connectivity index (χ4v) is 2.30. The van der Waals surface area contributed by atoms with E-state index in [1.54, 1.807) is 4.57 Å². The summed E-state index contributed by atoms with van der Waals surface area (Å²) in [6.45, 7) is 3.93. The molecule has 4 heteroatoms. The van der Waals surface area contributed by atoms with E-state index in [1.807, 2.05) is 36.5 Å². The third-order valence-corrected chi connectivity index (χ3v) is 3.34. The Kier molecular flexibility index (Phi) is 3.13. The molecule has 2 heterocycles. The van der Waals surface area contributed by atoms with Crippen LogP contribution in [0, 0.1) is 0 Å². The predicted octanol–water partition coefficient (Wildman–Crippen LogP) is 1.29. The van der Waals surface area contributed by atoms with E-state index in [2.05, 4.69) is 4.90 Å². The van der Waals surface area contributed by atoms with Crippen LogP contribution in [0.4, 0.5) is 0 Å². The Morgan fingerprint density at radius 2 is 1.89 bits per heavy atom. The topological polar surface area (TPSA) is 34.5 Å². The van der Waals surface area contributed by atoms with Crippen LogP contribution in [0.5, 0.6) is 0 Å². The van der Waals surface area contributed by atoms with Crippen LogP contribution in [-0.4, -0.2) is 35.8 Å². The van der Waals surface area contributed by atoms with Crippen molar-refractivity contribution >= 4 is 10.8 Å². The van der Waals surface area contributed by atoms with Crippen molar-refractivity contribution in [3.8, 4) is 0 Å². The summed E-state index contributed by atoms with van der Waals surface area (Å²) in [5.41, 5.74) is 0.0830. The third-order valence-electron chi connectivity index (χ3n) is 3.34. The minimum absolute atomic E-state index is 0.0830. The van der Waals surface area contributed by atoms with Gasteiger partial charge in [0, 0.05) is 24.7 Å². The van der Waals surface area contributed by atoms with E-state index in [0.717, 1.165) is 37.1 Å². The number of ether oxygens (including phenoxy) is 1. The molecular formula is C14H16N2O2. The molecule has 0 spiro atoms. The van der Waals surface area contributed by atoms with Gasteiger partial charge in [-0.1, -0.05) is 18.2 Å². The van der Waals surface area contributed by atoms with Crippen LogP contribution < -0.4 is 5.56 Å². The molecule has 18 heavy (non-hydrogen) atoms. The lowest BCUT2D eigenvalue weighted by molar-refractivity contribution is 0.0229. The fraction of sp³-hybridized carbons (Fsp3) is 0.357. The lowest BCUT2D eigenvalue weighted by Gasteiger charge is -2.27. The Morgan fingerprint density at radius 3 is 2.72 bits per heavy atom. The average molecular weight is 244 g/mol. The second kappa shape index (κ2) is 4.92. The van der Waals surface area contributed by atoms with Gasteiger partial charge in [0.1, 0.15) is 0 Å². The lowest BCUT2D eigenvalue weighted by Crippen LogP contribution is -2.39. The van der Waals surface area contributed by atoms with E-state index in [0.29, 0.717) is 6.67 Å². The van der Waals surface area contributed by atoms with Crippen LogP contribution >= 0.6 is 0 Å². The zero-order valence-electron chi connectivity index (χ0n) is 10.2. The molecule has 0 bridgehead atoms. The fourth-order valence-electron chi connectivity index (χ4n) is 2.30. The van der Waals surface area contributed by atoms with Crippen molar-refractivity contribution in [2.24, 2.45) is 0 Å². The largest absolute Gasteiger partial charge is 0.379 e. The summed E-state index contributed by atoms with van der Waals surface area (Å²) in [5.74, 6) is 0. The summed E-state index contributed by atoms with van der Waals surface area (Å²) in [7, 11) is 0. The number of hydrogen-bond acceptors (Lipinski definition) is 3. The number of morpholine rings is 1. The van der Waals surface area contributed by atoms with E-state index in [4.69, 9.17) is 4.74 Å². The molecule has 0 N–H and O–H groups in total. The standard InChI is InChI=1S/C14H16N2O2/c17-14-13-4-2-1-3-12(13)5-6-16(14)11-15-7-9-18-10-8-15/h1-6H,7-11H2. The van der Waals surface area contributed by atoms with Crippen molar-refractivity contribution in [1.82, 2.24) is 9.47 Å². The van der Waals surface area contributed by atoms with Gasteiger partial charge in [0.15, 0.2) is 0 Å². The van der Waals surface area contributed by atoms with Crippen LogP contribution in [0.25, 0.3) is 10.8 Å². The first-order valence-corrected chi connectivity index (χ1v) is 6.23. The maximum atomic E-state index is 12.3. The average Bonchev–Trinajstić information content (AvgIpc) is 2.43. The highest BCUT2D eigenvalue weighted by atomic mass is 16.5. The quantitative estimate of drug-likeness (QED) is 0.798. The number of pyridine rings is 1. The summed E-state index contributed by atoms with van der Waals surface area (Å²) in [5, 5.41) is 1.79. The van der Waals surface area contributed by atoms with Gasteiger partial charge in [-0.2, -0.15) is 0 Å². The van der Waals surface area contributed by atoms with E-state index < -0.39 is 0 Å². The summed E-state index contributed by atoms with van der Waals surface area (Å²) >= 11 is 0. The van der Waals surface area contributed by atoms with Gasteiger partial charge in [-0.3, -0.25) is 9.69 Å². The molecule has 1 aliphatic rings. The number of aromatic nitrogens is 1. The van der Waals surface area contributed by atoms with Gasteiger partial charge in [-0.25, -0.2) is 0 Å². The molecule has 0 unspecified atom stereocenters. The van der Waals surface area contributed by atoms with Gasteiger partial charge >= 0.3 is 0 Å². The first-order valence-electron chi connectivity index (χ1n) is 6.23. The monoisotopic (exact) mass is 244 g/mol. The number of rotatable bonds is 2. The minimum atomic E-state index is 0.0830. The highest BCUT2D eigenvalue weighted by Crippen LogP contribution is 2.08. The van der Waals surface area contributed by atoms with E-state index in [9.17, 15) is 4.79 Å². The zero-order chi connectivity index (χ0) is 12.4. The molecule has 1 aromatic carbocycles. The summed E-state index contributed by atoms with van der Waals surface area (Å²) in [4.78, 5) is 14.5. The van der Waals surface area contributed by atoms with Crippen LogP contribution in [0.1, 0.15) is 0 Å². The number of nitrogens with zero attached hydrogens (tertiary/aromatic N) is 2. The second-order valence-electron chi connectivity index (χ2n) is 4.55. The SMILES string of the molecule is O=c1c2ccccc2ccn1CN1CCOCC1. The lowest BCUT2D eigenvalue weighted by atomic mass is 10.2. The van der Waals surface area contributed by atoms with Gasteiger partial charge in [0.25, 0.3) is 5.56 Å². The van der Waals surface area contributed by atoms with Crippen LogP contribution in [0.2, 0.25) is 0 Å². The third kappa shape index (κ3) is 2.17. The Balaban J connectivity index is 1.92. The smallest absolute Gasteiger partial charge is 0.259 e. The Bertz CT molecular complexity index is 600. The molecule has 94 valence electrons.